The number of aromatic nitrogens is 2. The largest absolute Gasteiger partial charge is 0.366 e. The predicted molar refractivity (Wildman–Crippen MR) is 98.4 cm³/mol. The first-order chi connectivity index (χ1) is 11.8. The summed E-state index contributed by atoms with van der Waals surface area (Å²) in [5.41, 5.74) is 2.77. The lowest BCUT2D eigenvalue weighted by Gasteiger charge is -2.15. The van der Waals surface area contributed by atoms with Crippen molar-refractivity contribution in [1.29, 1.82) is 0 Å². The Morgan fingerprint density at radius 1 is 1.20 bits per heavy atom. The van der Waals surface area contributed by atoms with E-state index in [1.54, 1.807) is 6.07 Å². The first-order valence-corrected chi connectivity index (χ1v) is 8.99. The normalized spacial score (nSPS) is 11.6. The molecular weight excluding hydrogens is 344 g/mol. The van der Waals surface area contributed by atoms with E-state index in [0.29, 0.717) is 12.4 Å². The highest BCUT2D eigenvalue weighted by Crippen LogP contribution is 2.28. The SMILES string of the molecule is CCCCc1nc(Cl)nc(NCc2cccc(C(C)(F)F)c2)c1CC. The minimum absolute atomic E-state index is 0.00636. The number of nitrogens with one attached hydrogen (secondary N) is 1. The smallest absolute Gasteiger partial charge is 0.270 e. The number of hydrogen-bond acceptors (Lipinski definition) is 3. The zero-order valence-electron chi connectivity index (χ0n) is 14.9. The lowest BCUT2D eigenvalue weighted by Crippen LogP contribution is -2.11. The van der Waals surface area contributed by atoms with E-state index in [2.05, 4.69) is 22.2 Å². The van der Waals surface area contributed by atoms with Gasteiger partial charge in [0.15, 0.2) is 0 Å². The molecule has 0 spiro atoms. The number of aryl methyl sites for hydroxylation is 1. The van der Waals surface area contributed by atoms with E-state index >= 15 is 0 Å². The standard InChI is InChI=1S/C19H24ClF2N3/c1-4-6-10-16-15(5-2)17(25-18(20)24-16)23-12-13-8-7-9-14(11-13)19(3,21)22/h7-9,11H,4-6,10,12H2,1-3H3,(H,23,24,25). The van der Waals surface area contributed by atoms with Gasteiger partial charge in [-0.3, -0.25) is 0 Å². The number of benzene rings is 1. The third-order valence-electron chi connectivity index (χ3n) is 4.08. The van der Waals surface area contributed by atoms with Crippen LogP contribution in [0.25, 0.3) is 0 Å². The van der Waals surface area contributed by atoms with E-state index < -0.39 is 5.92 Å². The summed E-state index contributed by atoms with van der Waals surface area (Å²) in [6.07, 6.45) is 3.75. The molecule has 0 amide bonds. The van der Waals surface area contributed by atoms with Crippen molar-refractivity contribution in [2.24, 2.45) is 0 Å². The van der Waals surface area contributed by atoms with Crippen LogP contribution in [0.1, 0.15) is 56.0 Å². The fourth-order valence-electron chi connectivity index (χ4n) is 2.71. The minimum Gasteiger partial charge on any atom is -0.366 e. The first-order valence-electron chi connectivity index (χ1n) is 8.61. The Labute approximate surface area is 152 Å². The number of halogens is 3. The fraction of sp³-hybridized carbons (Fsp3) is 0.474. The summed E-state index contributed by atoms with van der Waals surface area (Å²) in [6, 6.07) is 6.41. The van der Waals surface area contributed by atoms with Gasteiger partial charge in [0.05, 0.1) is 5.69 Å². The summed E-state index contributed by atoms with van der Waals surface area (Å²) in [5, 5.41) is 3.44. The molecule has 6 heteroatoms. The number of rotatable bonds is 8. The van der Waals surface area contributed by atoms with Crippen LogP contribution in [0, 0.1) is 0 Å². The van der Waals surface area contributed by atoms with Gasteiger partial charge in [0.25, 0.3) is 5.92 Å². The van der Waals surface area contributed by atoms with E-state index in [4.69, 9.17) is 11.6 Å². The summed E-state index contributed by atoms with van der Waals surface area (Å²) < 4.78 is 27.0. The third kappa shape index (κ3) is 5.36. The van der Waals surface area contributed by atoms with E-state index in [9.17, 15) is 8.78 Å². The van der Waals surface area contributed by atoms with Crippen LogP contribution in [0.3, 0.4) is 0 Å². The Morgan fingerprint density at radius 3 is 2.60 bits per heavy atom. The zero-order valence-corrected chi connectivity index (χ0v) is 15.6. The van der Waals surface area contributed by atoms with Crippen LogP contribution in [-0.2, 0) is 25.3 Å². The average molecular weight is 368 g/mol. The van der Waals surface area contributed by atoms with Gasteiger partial charge in [-0.2, -0.15) is 0 Å². The molecule has 2 aromatic rings. The second kappa shape index (κ2) is 8.56. The topological polar surface area (TPSA) is 37.8 Å². The molecule has 0 atom stereocenters. The summed E-state index contributed by atoms with van der Waals surface area (Å²) >= 11 is 6.06. The van der Waals surface area contributed by atoms with Crippen molar-refractivity contribution in [3.8, 4) is 0 Å². The lowest BCUT2D eigenvalue weighted by atomic mass is 10.1. The maximum absolute atomic E-state index is 13.5. The van der Waals surface area contributed by atoms with Crippen molar-refractivity contribution in [1.82, 2.24) is 9.97 Å². The Morgan fingerprint density at radius 2 is 1.96 bits per heavy atom. The Balaban J connectivity index is 2.21. The van der Waals surface area contributed by atoms with Gasteiger partial charge in [0, 0.05) is 24.6 Å². The number of anilines is 1. The molecule has 2 rings (SSSR count). The maximum Gasteiger partial charge on any atom is 0.270 e. The highest BCUT2D eigenvalue weighted by molar-refractivity contribution is 6.28. The van der Waals surface area contributed by atoms with Gasteiger partial charge in [0.1, 0.15) is 5.82 Å². The van der Waals surface area contributed by atoms with Crippen molar-refractivity contribution < 1.29 is 8.78 Å². The fourth-order valence-corrected chi connectivity index (χ4v) is 2.90. The minimum atomic E-state index is -2.85. The van der Waals surface area contributed by atoms with Gasteiger partial charge in [-0.25, -0.2) is 18.7 Å². The van der Waals surface area contributed by atoms with Crippen LogP contribution in [-0.4, -0.2) is 9.97 Å². The molecule has 0 saturated heterocycles. The number of unbranched alkanes of at least 4 members (excludes halogenated alkanes) is 1. The number of alkyl halides is 2. The predicted octanol–water partition coefficient (Wildman–Crippen LogP) is 5.76. The van der Waals surface area contributed by atoms with Gasteiger partial charge in [-0.05, 0) is 42.5 Å². The molecule has 1 N–H and O–H groups in total. The second-order valence-electron chi connectivity index (χ2n) is 6.17. The summed E-state index contributed by atoms with van der Waals surface area (Å²) in [4.78, 5) is 8.65. The van der Waals surface area contributed by atoms with Crippen LogP contribution < -0.4 is 5.32 Å². The highest BCUT2D eigenvalue weighted by Gasteiger charge is 2.24. The molecule has 0 bridgehead atoms. The monoisotopic (exact) mass is 367 g/mol. The lowest BCUT2D eigenvalue weighted by molar-refractivity contribution is 0.0174. The molecular formula is C19H24ClF2N3. The van der Waals surface area contributed by atoms with E-state index in [-0.39, 0.29) is 10.8 Å². The van der Waals surface area contributed by atoms with E-state index in [1.165, 1.54) is 12.1 Å². The summed E-state index contributed by atoms with van der Waals surface area (Å²) in [7, 11) is 0. The van der Waals surface area contributed by atoms with E-state index in [0.717, 1.165) is 49.4 Å². The molecule has 0 unspecified atom stereocenters. The van der Waals surface area contributed by atoms with Crippen LogP contribution in [0.5, 0.6) is 0 Å². The second-order valence-corrected chi connectivity index (χ2v) is 6.50. The summed E-state index contributed by atoms with van der Waals surface area (Å²) in [5.74, 6) is -2.17. The van der Waals surface area contributed by atoms with Crippen molar-refractivity contribution in [3.05, 3.63) is 51.9 Å². The molecule has 1 aromatic heterocycles. The van der Waals surface area contributed by atoms with Gasteiger partial charge in [0.2, 0.25) is 5.28 Å². The van der Waals surface area contributed by atoms with Crippen LogP contribution >= 0.6 is 11.6 Å². The zero-order chi connectivity index (χ0) is 18.4. The molecule has 0 saturated carbocycles. The highest BCUT2D eigenvalue weighted by atomic mass is 35.5. The quantitative estimate of drug-likeness (QED) is 0.603. The van der Waals surface area contributed by atoms with Crippen molar-refractivity contribution in [2.45, 2.75) is 58.9 Å². The van der Waals surface area contributed by atoms with Gasteiger partial charge in [-0.1, -0.05) is 38.5 Å². The molecule has 0 fully saturated rings. The number of nitrogens with zero attached hydrogens (tertiary/aromatic N) is 2. The summed E-state index contributed by atoms with van der Waals surface area (Å²) in [6.45, 7) is 5.48. The molecule has 136 valence electrons. The molecule has 0 aliphatic rings. The Bertz CT molecular complexity index is 714. The molecule has 3 nitrogen and oxygen atoms in total. The van der Waals surface area contributed by atoms with Gasteiger partial charge >= 0.3 is 0 Å². The molecule has 1 aromatic carbocycles. The average Bonchev–Trinajstić information content (AvgIpc) is 2.57. The van der Waals surface area contributed by atoms with Crippen molar-refractivity contribution in [3.63, 3.8) is 0 Å². The number of hydrogen-bond donors (Lipinski definition) is 1. The van der Waals surface area contributed by atoms with Crippen LogP contribution in [0.2, 0.25) is 5.28 Å². The van der Waals surface area contributed by atoms with Gasteiger partial charge in [-0.15, -0.1) is 0 Å². The molecule has 0 aliphatic heterocycles. The molecule has 0 radical (unpaired) electrons. The van der Waals surface area contributed by atoms with Gasteiger partial charge < -0.3 is 5.32 Å². The third-order valence-corrected chi connectivity index (χ3v) is 4.25. The van der Waals surface area contributed by atoms with Crippen molar-refractivity contribution in [2.75, 3.05) is 5.32 Å². The van der Waals surface area contributed by atoms with Crippen LogP contribution in [0.15, 0.2) is 24.3 Å². The van der Waals surface area contributed by atoms with Crippen LogP contribution in [0.4, 0.5) is 14.6 Å². The molecule has 25 heavy (non-hydrogen) atoms. The Hall–Kier alpha value is -1.75. The molecule has 1 heterocycles. The van der Waals surface area contributed by atoms with Crippen molar-refractivity contribution >= 4 is 17.4 Å². The van der Waals surface area contributed by atoms with E-state index in [1.807, 2.05) is 13.0 Å². The molecule has 0 aliphatic carbocycles. The maximum atomic E-state index is 13.5. The Kier molecular flexibility index (Phi) is 6.71. The first kappa shape index (κ1) is 19.6.